The third kappa shape index (κ3) is 4.15. The smallest absolute Gasteiger partial charge is 0.278 e. The number of imide groups is 1. The molecule has 0 unspecified atom stereocenters. The zero-order valence-electron chi connectivity index (χ0n) is 16.6. The lowest BCUT2D eigenvalue weighted by molar-refractivity contribution is -0.136. The van der Waals surface area contributed by atoms with Crippen molar-refractivity contribution in [2.75, 3.05) is 25.6 Å². The van der Waals surface area contributed by atoms with Crippen LogP contribution in [0.4, 0.5) is 5.69 Å². The van der Waals surface area contributed by atoms with E-state index in [1.807, 2.05) is 54.6 Å². The number of hydrogen-bond acceptors (Lipinski definition) is 4. The van der Waals surface area contributed by atoms with Gasteiger partial charge in [-0.2, -0.15) is 0 Å². The van der Waals surface area contributed by atoms with Crippen LogP contribution in [-0.2, 0) is 14.3 Å². The number of nitrogens with zero attached hydrogens (tertiary/aromatic N) is 1. The lowest BCUT2D eigenvalue weighted by Gasteiger charge is -2.15. The van der Waals surface area contributed by atoms with Crippen LogP contribution in [0.5, 0.6) is 0 Å². The number of carbonyl (C=O) groups excluding carboxylic acids is 2. The van der Waals surface area contributed by atoms with Crippen LogP contribution in [-0.4, -0.2) is 37.0 Å². The predicted molar refractivity (Wildman–Crippen MR) is 111 cm³/mol. The van der Waals surface area contributed by atoms with E-state index in [1.54, 1.807) is 7.11 Å². The SMILES string of the molecule is COCCCN1C(=O)C(Nc2ccc(C(C)C)cc2)=C(c2ccccc2)C1=O. The summed E-state index contributed by atoms with van der Waals surface area (Å²) in [5, 5.41) is 3.19. The quantitative estimate of drug-likeness (QED) is 0.556. The second kappa shape index (κ2) is 8.85. The molecule has 3 rings (SSSR count). The van der Waals surface area contributed by atoms with Gasteiger partial charge in [0.2, 0.25) is 0 Å². The molecule has 2 aromatic carbocycles. The van der Waals surface area contributed by atoms with Crippen molar-refractivity contribution in [3.63, 3.8) is 0 Å². The molecule has 0 bridgehead atoms. The van der Waals surface area contributed by atoms with E-state index in [0.29, 0.717) is 36.8 Å². The van der Waals surface area contributed by atoms with Crippen molar-refractivity contribution in [1.82, 2.24) is 4.90 Å². The molecule has 0 aromatic heterocycles. The summed E-state index contributed by atoms with van der Waals surface area (Å²) in [6, 6.07) is 17.3. The van der Waals surface area contributed by atoms with E-state index in [2.05, 4.69) is 19.2 Å². The summed E-state index contributed by atoms with van der Waals surface area (Å²) in [5.74, 6) is -0.138. The molecule has 2 amide bonds. The zero-order valence-corrected chi connectivity index (χ0v) is 16.6. The zero-order chi connectivity index (χ0) is 20.1. The maximum Gasteiger partial charge on any atom is 0.278 e. The Morgan fingerprint density at radius 3 is 2.25 bits per heavy atom. The van der Waals surface area contributed by atoms with E-state index in [4.69, 9.17) is 4.74 Å². The fourth-order valence-electron chi connectivity index (χ4n) is 3.23. The molecule has 0 atom stereocenters. The van der Waals surface area contributed by atoms with Crippen LogP contribution in [0.25, 0.3) is 5.57 Å². The van der Waals surface area contributed by atoms with Crippen molar-refractivity contribution in [3.05, 3.63) is 71.4 Å². The number of carbonyl (C=O) groups is 2. The number of hydrogen-bond donors (Lipinski definition) is 1. The molecule has 0 fully saturated rings. The van der Waals surface area contributed by atoms with E-state index in [0.717, 1.165) is 11.3 Å². The Bertz CT molecular complexity index is 870. The lowest BCUT2D eigenvalue weighted by Crippen LogP contribution is -2.33. The Morgan fingerprint density at radius 1 is 0.964 bits per heavy atom. The van der Waals surface area contributed by atoms with E-state index in [1.165, 1.54) is 10.5 Å². The topological polar surface area (TPSA) is 58.6 Å². The number of amides is 2. The molecule has 5 nitrogen and oxygen atoms in total. The van der Waals surface area contributed by atoms with Crippen molar-refractivity contribution in [1.29, 1.82) is 0 Å². The van der Waals surface area contributed by atoms with Gasteiger partial charge < -0.3 is 10.1 Å². The molecule has 28 heavy (non-hydrogen) atoms. The summed E-state index contributed by atoms with van der Waals surface area (Å²) < 4.78 is 5.06. The molecular weight excluding hydrogens is 352 g/mol. The molecule has 0 radical (unpaired) electrons. The molecule has 2 aromatic rings. The van der Waals surface area contributed by atoms with Crippen molar-refractivity contribution >= 4 is 23.1 Å². The Balaban J connectivity index is 1.93. The van der Waals surface area contributed by atoms with Gasteiger partial charge in [-0.15, -0.1) is 0 Å². The van der Waals surface area contributed by atoms with Gasteiger partial charge >= 0.3 is 0 Å². The summed E-state index contributed by atoms with van der Waals surface area (Å²) in [4.78, 5) is 27.3. The average Bonchev–Trinajstić information content (AvgIpc) is 2.93. The number of benzene rings is 2. The van der Waals surface area contributed by atoms with Crippen molar-refractivity contribution in [3.8, 4) is 0 Å². The van der Waals surface area contributed by atoms with E-state index < -0.39 is 0 Å². The van der Waals surface area contributed by atoms with Gasteiger partial charge in [0.1, 0.15) is 5.70 Å². The highest BCUT2D eigenvalue weighted by atomic mass is 16.5. The van der Waals surface area contributed by atoms with Crippen LogP contribution in [0, 0.1) is 0 Å². The van der Waals surface area contributed by atoms with E-state index >= 15 is 0 Å². The minimum atomic E-state index is -0.298. The van der Waals surface area contributed by atoms with E-state index in [-0.39, 0.29) is 11.8 Å². The number of ether oxygens (including phenoxy) is 1. The molecule has 1 N–H and O–H groups in total. The molecule has 5 heteroatoms. The largest absolute Gasteiger partial charge is 0.385 e. The highest BCUT2D eigenvalue weighted by molar-refractivity contribution is 6.36. The van der Waals surface area contributed by atoms with Gasteiger partial charge in [0.25, 0.3) is 11.8 Å². The van der Waals surface area contributed by atoms with Crippen molar-refractivity contribution in [2.24, 2.45) is 0 Å². The number of anilines is 1. The van der Waals surface area contributed by atoms with Gasteiger partial charge in [0.15, 0.2) is 0 Å². The van der Waals surface area contributed by atoms with Crippen molar-refractivity contribution in [2.45, 2.75) is 26.2 Å². The summed E-state index contributed by atoms with van der Waals surface area (Å²) in [5.41, 5.74) is 3.48. The minimum Gasteiger partial charge on any atom is -0.385 e. The standard InChI is InChI=1S/C23H26N2O3/c1-16(2)17-10-12-19(13-11-17)24-21-20(18-8-5-4-6-9-18)22(26)25(23(21)27)14-7-15-28-3/h4-6,8-13,16,24H,7,14-15H2,1-3H3. The summed E-state index contributed by atoms with van der Waals surface area (Å²) in [6.07, 6.45) is 0.604. The number of nitrogens with one attached hydrogen (secondary N) is 1. The Morgan fingerprint density at radius 2 is 1.64 bits per heavy atom. The predicted octanol–water partition coefficient (Wildman–Crippen LogP) is 4.04. The Hall–Kier alpha value is -2.92. The summed E-state index contributed by atoms with van der Waals surface area (Å²) >= 11 is 0. The summed E-state index contributed by atoms with van der Waals surface area (Å²) in [7, 11) is 1.61. The van der Waals surface area contributed by atoms with Gasteiger partial charge in [-0.25, -0.2) is 0 Å². The van der Waals surface area contributed by atoms with Gasteiger partial charge in [0.05, 0.1) is 5.57 Å². The first-order chi connectivity index (χ1) is 13.5. The van der Waals surface area contributed by atoms with Gasteiger partial charge in [0, 0.05) is 25.9 Å². The third-order valence-electron chi connectivity index (χ3n) is 4.81. The monoisotopic (exact) mass is 378 g/mol. The Kier molecular flexibility index (Phi) is 6.26. The first-order valence-corrected chi connectivity index (χ1v) is 9.54. The molecule has 0 spiro atoms. The normalized spacial score (nSPS) is 14.4. The van der Waals surface area contributed by atoms with Crippen LogP contribution < -0.4 is 5.32 Å². The van der Waals surface area contributed by atoms with Crippen LogP contribution in [0.15, 0.2) is 60.3 Å². The second-order valence-corrected chi connectivity index (χ2v) is 7.13. The minimum absolute atomic E-state index is 0.270. The van der Waals surface area contributed by atoms with Gasteiger partial charge in [-0.05, 0) is 35.6 Å². The molecular formula is C23H26N2O3. The fourth-order valence-corrected chi connectivity index (χ4v) is 3.23. The lowest BCUT2D eigenvalue weighted by atomic mass is 10.0. The molecule has 1 aliphatic rings. The average molecular weight is 378 g/mol. The molecule has 1 aliphatic heterocycles. The number of methoxy groups -OCH3 is 1. The van der Waals surface area contributed by atoms with E-state index in [9.17, 15) is 9.59 Å². The number of rotatable bonds is 8. The highest BCUT2D eigenvalue weighted by Crippen LogP contribution is 2.30. The fraction of sp³-hybridized carbons (Fsp3) is 0.304. The molecule has 0 aliphatic carbocycles. The van der Waals surface area contributed by atoms with Gasteiger partial charge in [-0.3, -0.25) is 14.5 Å². The van der Waals surface area contributed by atoms with Crippen LogP contribution in [0.3, 0.4) is 0 Å². The molecule has 1 heterocycles. The van der Waals surface area contributed by atoms with Gasteiger partial charge in [-0.1, -0.05) is 56.3 Å². The maximum absolute atomic E-state index is 13.0. The van der Waals surface area contributed by atoms with Crippen molar-refractivity contribution < 1.29 is 14.3 Å². The second-order valence-electron chi connectivity index (χ2n) is 7.13. The summed E-state index contributed by atoms with van der Waals surface area (Å²) in [6.45, 7) is 5.10. The molecule has 0 saturated carbocycles. The third-order valence-corrected chi connectivity index (χ3v) is 4.81. The Labute approximate surface area is 166 Å². The molecule has 146 valence electrons. The molecule has 0 saturated heterocycles. The van der Waals surface area contributed by atoms with Crippen LogP contribution in [0.2, 0.25) is 0 Å². The maximum atomic E-state index is 13.0. The first kappa shape index (κ1) is 19.8. The highest BCUT2D eigenvalue weighted by Gasteiger charge is 2.38. The van der Waals surface area contributed by atoms with Crippen LogP contribution >= 0.6 is 0 Å². The first-order valence-electron chi connectivity index (χ1n) is 9.54. The van der Waals surface area contributed by atoms with Crippen LogP contribution in [0.1, 0.15) is 37.3 Å².